The monoisotopic (exact) mass is 413 g/mol. The van der Waals surface area contributed by atoms with E-state index >= 15 is 0 Å². The first-order chi connectivity index (χ1) is 14.0. The van der Waals surface area contributed by atoms with Crippen LogP contribution in [-0.2, 0) is 13.2 Å². The Morgan fingerprint density at radius 1 is 0.897 bits per heavy atom. The van der Waals surface area contributed by atoms with Gasteiger partial charge < -0.3 is 14.8 Å². The Kier molecular flexibility index (Phi) is 6.99. The first-order valence-electron chi connectivity index (χ1n) is 9.60. The molecule has 5 heteroatoms. The maximum absolute atomic E-state index is 13.2. The molecule has 0 saturated carbocycles. The number of halogens is 2. The first kappa shape index (κ1) is 21.0. The van der Waals surface area contributed by atoms with Crippen LogP contribution in [0.2, 0.25) is 5.02 Å². The number of anilines is 1. The second kappa shape index (κ2) is 9.66. The molecule has 3 aromatic carbocycles. The normalized spacial score (nSPS) is 10.7. The summed E-state index contributed by atoms with van der Waals surface area (Å²) in [6, 6.07) is 16.5. The van der Waals surface area contributed by atoms with Crippen molar-refractivity contribution in [3.63, 3.8) is 0 Å². The quantitative estimate of drug-likeness (QED) is 0.446. The van der Waals surface area contributed by atoms with E-state index in [0.29, 0.717) is 29.7 Å². The smallest absolute Gasteiger partial charge is 0.161 e. The topological polar surface area (TPSA) is 30.5 Å². The summed E-state index contributed by atoms with van der Waals surface area (Å²) in [4.78, 5) is 0. The third-order valence-electron chi connectivity index (χ3n) is 4.71. The van der Waals surface area contributed by atoms with Crippen LogP contribution in [0.15, 0.2) is 54.6 Å². The van der Waals surface area contributed by atoms with E-state index < -0.39 is 0 Å². The predicted molar refractivity (Wildman–Crippen MR) is 117 cm³/mol. The number of aryl methyl sites for hydroxylation is 2. The van der Waals surface area contributed by atoms with Gasteiger partial charge in [-0.05, 0) is 73.9 Å². The van der Waals surface area contributed by atoms with Gasteiger partial charge in [-0.15, -0.1) is 0 Å². The van der Waals surface area contributed by atoms with Gasteiger partial charge in [0.25, 0.3) is 0 Å². The van der Waals surface area contributed by atoms with Crippen LogP contribution in [0.3, 0.4) is 0 Å². The number of rotatable bonds is 8. The zero-order chi connectivity index (χ0) is 20.8. The lowest BCUT2D eigenvalue weighted by atomic mass is 10.1. The highest BCUT2D eigenvalue weighted by Gasteiger charge is 2.09. The summed E-state index contributed by atoms with van der Waals surface area (Å²) in [5.74, 6) is 0.932. The van der Waals surface area contributed by atoms with Crippen molar-refractivity contribution >= 4 is 17.3 Å². The third kappa shape index (κ3) is 5.64. The Bertz CT molecular complexity index is 991. The van der Waals surface area contributed by atoms with Crippen LogP contribution >= 0.6 is 11.6 Å². The molecule has 0 radical (unpaired) electrons. The van der Waals surface area contributed by atoms with Crippen LogP contribution in [0.5, 0.6) is 11.5 Å². The molecule has 0 fully saturated rings. The van der Waals surface area contributed by atoms with Gasteiger partial charge in [-0.25, -0.2) is 4.39 Å². The summed E-state index contributed by atoms with van der Waals surface area (Å²) in [5.41, 5.74) is 5.41. The number of ether oxygens (including phenoxy) is 2. The second-order valence-corrected chi connectivity index (χ2v) is 7.30. The van der Waals surface area contributed by atoms with Gasteiger partial charge in [0.15, 0.2) is 11.5 Å². The molecule has 152 valence electrons. The van der Waals surface area contributed by atoms with Crippen molar-refractivity contribution in [2.75, 3.05) is 11.9 Å². The third-order valence-corrected chi connectivity index (χ3v) is 5.06. The van der Waals surface area contributed by atoms with Crippen molar-refractivity contribution < 1.29 is 13.9 Å². The highest BCUT2D eigenvalue weighted by atomic mass is 35.5. The van der Waals surface area contributed by atoms with E-state index in [0.717, 1.165) is 16.8 Å². The van der Waals surface area contributed by atoms with Crippen LogP contribution in [0.25, 0.3) is 0 Å². The minimum Gasteiger partial charge on any atom is -0.490 e. The number of hydrogen-bond acceptors (Lipinski definition) is 3. The van der Waals surface area contributed by atoms with Crippen LogP contribution in [0.4, 0.5) is 10.1 Å². The molecule has 0 bridgehead atoms. The maximum atomic E-state index is 13.2. The molecule has 0 aliphatic carbocycles. The van der Waals surface area contributed by atoms with Gasteiger partial charge in [0.05, 0.1) is 11.6 Å². The molecule has 0 aliphatic rings. The van der Waals surface area contributed by atoms with Crippen LogP contribution < -0.4 is 14.8 Å². The maximum Gasteiger partial charge on any atom is 0.161 e. The van der Waals surface area contributed by atoms with E-state index in [-0.39, 0.29) is 12.4 Å². The van der Waals surface area contributed by atoms with Gasteiger partial charge in [-0.3, -0.25) is 0 Å². The fraction of sp³-hybridized carbons (Fsp3) is 0.250. The molecular weight excluding hydrogens is 389 g/mol. The van der Waals surface area contributed by atoms with Crippen molar-refractivity contribution in [1.82, 2.24) is 0 Å². The number of nitrogens with one attached hydrogen (secondary N) is 1. The Labute approximate surface area is 176 Å². The minimum atomic E-state index is -0.366. The molecule has 0 atom stereocenters. The van der Waals surface area contributed by atoms with Gasteiger partial charge in [-0.2, -0.15) is 0 Å². The Hall–Kier alpha value is -2.72. The molecule has 0 unspecified atom stereocenters. The van der Waals surface area contributed by atoms with Gasteiger partial charge in [0.2, 0.25) is 0 Å². The summed E-state index contributed by atoms with van der Waals surface area (Å²) in [7, 11) is 0. The number of hydrogen-bond donors (Lipinski definition) is 1. The molecule has 3 rings (SSSR count). The summed E-state index contributed by atoms with van der Waals surface area (Å²) in [5, 5.41) is 3.78. The Morgan fingerprint density at radius 3 is 2.45 bits per heavy atom. The second-order valence-electron chi connectivity index (χ2n) is 6.89. The van der Waals surface area contributed by atoms with Gasteiger partial charge >= 0.3 is 0 Å². The summed E-state index contributed by atoms with van der Waals surface area (Å²) < 4.78 is 24.9. The molecule has 3 aromatic rings. The molecule has 3 nitrogen and oxygen atoms in total. The standard InChI is InChI=1S/C24H25ClFNO2/c1-4-28-24-12-18(14-27-21-9-5-16(2)17(3)11-21)6-10-23(24)29-15-19-7-8-20(26)13-22(19)25/h5-13,27H,4,14-15H2,1-3H3. The lowest BCUT2D eigenvalue weighted by molar-refractivity contribution is 0.269. The zero-order valence-electron chi connectivity index (χ0n) is 16.9. The van der Waals surface area contributed by atoms with Crippen molar-refractivity contribution in [3.8, 4) is 11.5 Å². The number of benzene rings is 3. The lowest BCUT2D eigenvalue weighted by Gasteiger charge is -2.15. The molecule has 0 aliphatic heterocycles. The van der Waals surface area contributed by atoms with Crippen molar-refractivity contribution in [2.24, 2.45) is 0 Å². The van der Waals surface area contributed by atoms with E-state index in [2.05, 4.69) is 37.4 Å². The first-order valence-corrected chi connectivity index (χ1v) is 9.97. The van der Waals surface area contributed by atoms with Crippen molar-refractivity contribution in [2.45, 2.75) is 33.9 Å². The lowest BCUT2D eigenvalue weighted by Crippen LogP contribution is -2.03. The van der Waals surface area contributed by atoms with E-state index in [1.54, 1.807) is 6.07 Å². The van der Waals surface area contributed by atoms with E-state index in [9.17, 15) is 4.39 Å². The summed E-state index contributed by atoms with van der Waals surface area (Å²) in [6.45, 7) is 7.58. The van der Waals surface area contributed by atoms with Crippen LogP contribution in [0, 0.1) is 19.7 Å². The van der Waals surface area contributed by atoms with E-state index in [1.165, 1.54) is 23.3 Å². The average Bonchev–Trinajstić information content (AvgIpc) is 2.69. The largest absolute Gasteiger partial charge is 0.490 e. The van der Waals surface area contributed by atoms with E-state index in [4.69, 9.17) is 21.1 Å². The molecule has 29 heavy (non-hydrogen) atoms. The predicted octanol–water partition coefficient (Wildman–Crippen LogP) is 6.69. The zero-order valence-corrected chi connectivity index (χ0v) is 17.6. The highest BCUT2D eigenvalue weighted by molar-refractivity contribution is 6.31. The van der Waals surface area contributed by atoms with Gasteiger partial charge in [0.1, 0.15) is 12.4 Å². The Morgan fingerprint density at radius 2 is 1.72 bits per heavy atom. The van der Waals surface area contributed by atoms with Crippen LogP contribution in [-0.4, -0.2) is 6.61 Å². The molecular formula is C24H25ClFNO2. The summed E-state index contributed by atoms with van der Waals surface area (Å²) in [6.07, 6.45) is 0. The van der Waals surface area contributed by atoms with E-state index in [1.807, 2.05) is 25.1 Å². The molecule has 0 heterocycles. The molecule has 1 N–H and O–H groups in total. The highest BCUT2D eigenvalue weighted by Crippen LogP contribution is 2.30. The van der Waals surface area contributed by atoms with Gasteiger partial charge in [-0.1, -0.05) is 29.8 Å². The fourth-order valence-corrected chi connectivity index (χ4v) is 3.12. The van der Waals surface area contributed by atoms with Crippen molar-refractivity contribution in [3.05, 3.63) is 87.7 Å². The average molecular weight is 414 g/mol. The van der Waals surface area contributed by atoms with Gasteiger partial charge in [0, 0.05) is 17.8 Å². The SMILES string of the molecule is CCOc1cc(CNc2ccc(C)c(C)c2)ccc1OCc1ccc(F)cc1Cl. The Balaban J connectivity index is 1.69. The van der Waals surface area contributed by atoms with Crippen LogP contribution in [0.1, 0.15) is 29.2 Å². The molecule has 0 spiro atoms. The summed E-state index contributed by atoms with van der Waals surface area (Å²) >= 11 is 6.08. The molecule has 0 aromatic heterocycles. The molecule has 0 amide bonds. The minimum absolute atomic E-state index is 0.236. The van der Waals surface area contributed by atoms with Crippen molar-refractivity contribution in [1.29, 1.82) is 0 Å². The fourth-order valence-electron chi connectivity index (χ4n) is 2.90. The molecule has 0 saturated heterocycles.